The summed E-state index contributed by atoms with van der Waals surface area (Å²) >= 11 is 5.90. The van der Waals surface area contributed by atoms with Gasteiger partial charge in [-0.15, -0.1) is 0 Å². The van der Waals surface area contributed by atoms with Crippen molar-refractivity contribution in [2.24, 2.45) is 0 Å². The van der Waals surface area contributed by atoms with Gasteiger partial charge in [0.25, 0.3) is 5.91 Å². The van der Waals surface area contributed by atoms with E-state index in [0.29, 0.717) is 23.7 Å². The van der Waals surface area contributed by atoms with Crippen molar-refractivity contribution in [1.29, 1.82) is 0 Å². The van der Waals surface area contributed by atoms with Gasteiger partial charge in [-0.25, -0.2) is 4.39 Å². The molecule has 1 aliphatic rings. The van der Waals surface area contributed by atoms with Gasteiger partial charge in [-0.05, 0) is 47.0 Å². The zero-order chi connectivity index (χ0) is 21.1. The minimum absolute atomic E-state index is 0.0823. The maximum Gasteiger partial charge on any atom is 0.255 e. The second-order valence-electron chi connectivity index (χ2n) is 7.26. The molecule has 0 bridgehead atoms. The smallest absolute Gasteiger partial charge is 0.255 e. The molecule has 0 radical (unpaired) electrons. The molecular formula is C24H20ClFN2O2. The Balaban J connectivity index is 1.52. The molecule has 6 heteroatoms. The average molecular weight is 423 g/mol. The van der Waals surface area contributed by atoms with Crippen LogP contribution in [0.25, 0.3) is 0 Å². The highest BCUT2D eigenvalue weighted by molar-refractivity contribution is 6.30. The average Bonchev–Trinajstić information content (AvgIpc) is 3.09. The lowest BCUT2D eigenvalue weighted by molar-refractivity contribution is -0.122. The molecule has 0 saturated carbocycles. The first-order valence-electron chi connectivity index (χ1n) is 9.67. The largest absolute Gasteiger partial charge is 0.352 e. The summed E-state index contributed by atoms with van der Waals surface area (Å²) in [4.78, 5) is 27.4. The van der Waals surface area contributed by atoms with Gasteiger partial charge in [0.2, 0.25) is 5.91 Å². The number of carbonyl (C=O) groups is 2. The monoisotopic (exact) mass is 422 g/mol. The minimum atomic E-state index is -0.490. The van der Waals surface area contributed by atoms with Crippen LogP contribution in [0.15, 0.2) is 72.8 Å². The first-order valence-corrected chi connectivity index (χ1v) is 10.0. The van der Waals surface area contributed by atoms with Crippen LogP contribution in [0.3, 0.4) is 0 Å². The first-order chi connectivity index (χ1) is 14.5. The van der Waals surface area contributed by atoms with E-state index >= 15 is 0 Å². The summed E-state index contributed by atoms with van der Waals surface area (Å²) in [6.45, 7) is 0.780. The second-order valence-corrected chi connectivity index (χ2v) is 7.70. The molecule has 0 fully saturated rings. The van der Waals surface area contributed by atoms with Crippen molar-refractivity contribution in [2.45, 2.75) is 25.6 Å². The van der Waals surface area contributed by atoms with E-state index in [2.05, 4.69) is 5.32 Å². The molecule has 2 amide bonds. The van der Waals surface area contributed by atoms with Gasteiger partial charge in [0.1, 0.15) is 5.82 Å². The Hall–Kier alpha value is -3.18. The molecule has 1 heterocycles. The molecule has 152 valence electrons. The van der Waals surface area contributed by atoms with Crippen LogP contribution in [0.4, 0.5) is 4.39 Å². The molecule has 0 saturated heterocycles. The highest BCUT2D eigenvalue weighted by Gasteiger charge is 2.34. The number of fused-ring (bicyclic) bond motifs is 1. The summed E-state index contributed by atoms with van der Waals surface area (Å²) < 4.78 is 13.4. The van der Waals surface area contributed by atoms with Crippen molar-refractivity contribution >= 4 is 23.4 Å². The third kappa shape index (κ3) is 4.36. The van der Waals surface area contributed by atoms with E-state index in [0.717, 1.165) is 16.7 Å². The number of rotatable bonds is 6. The van der Waals surface area contributed by atoms with Gasteiger partial charge >= 0.3 is 0 Å². The highest BCUT2D eigenvalue weighted by atomic mass is 35.5. The molecule has 3 aromatic rings. The van der Waals surface area contributed by atoms with Crippen LogP contribution in [0.5, 0.6) is 0 Å². The van der Waals surface area contributed by atoms with Gasteiger partial charge in [0.15, 0.2) is 0 Å². The van der Waals surface area contributed by atoms with E-state index in [1.165, 1.54) is 12.1 Å². The summed E-state index contributed by atoms with van der Waals surface area (Å²) in [6, 6.07) is 20.1. The van der Waals surface area contributed by atoms with Gasteiger partial charge in [-0.3, -0.25) is 9.59 Å². The molecule has 0 aromatic heterocycles. The predicted octanol–water partition coefficient (Wildman–Crippen LogP) is 4.88. The molecule has 3 aromatic carbocycles. The Morgan fingerprint density at radius 2 is 1.73 bits per heavy atom. The van der Waals surface area contributed by atoms with Crippen molar-refractivity contribution in [2.75, 3.05) is 0 Å². The van der Waals surface area contributed by atoms with Crippen molar-refractivity contribution < 1.29 is 14.0 Å². The summed E-state index contributed by atoms with van der Waals surface area (Å²) in [5.41, 5.74) is 3.22. The van der Waals surface area contributed by atoms with Crippen LogP contribution in [0, 0.1) is 5.82 Å². The van der Waals surface area contributed by atoms with Crippen molar-refractivity contribution in [3.8, 4) is 0 Å². The maximum atomic E-state index is 13.4. The third-order valence-corrected chi connectivity index (χ3v) is 5.51. The van der Waals surface area contributed by atoms with Crippen LogP contribution < -0.4 is 5.32 Å². The number of halogens is 2. The summed E-state index contributed by atoms with van der Waals surface area (Å²) in [5, 5.41) is 3.53. The maximum absolute atomic E-state index is 13.4. The molecule has 1 aliphatic heterocycles. The molecule has 1 atom stereocenters. The molecule has 0 aliphatic carbocycles. The Morgan fingerprint density at radius 3 is 2.43 bits per heavy atom. The second kappa shape index (κ2) is 8.67. The molecule has 30 heavy (non-hydrogen) atoms. The summed E-state index contributed by atoms with van der Waals surface area (Å²) in [5.74, 6) is -0.672. The van der Waals surface area contributed by atoms with Crippen LogP contribution in [-0.2, 0) is 17.9 Å². The predicted molar refractivity (Wildman–Crippen MR) is 113 cm³/mol. The summed E-state index contributed by atoms with van der Waals surface area (Å²) in [6.07, 6.45) is 0.0823. The Kier molecular flexibility index (Phi) is 5.81. The van der Waals surface area contributed by atoms with Crippen LogP contribution in [0.1, 0.15) is 39.5 Å². The number of hydrogen-bond donors (Lipinski definition) is 1. The normalized spacial score (nSPS) is 13.8. The van der Waals surface area contributed by atoms with Gasteiger partial charge < -0.3 is 10.2 Å². The molecule has 0 spiro atoms. The fourth-order valence-corrected chi connectivity index (χ4v) is 3.80. The topological polar surface area (TPSA) is 49.4 Å². The molecule has 4 nitrogen and oxygen atoms in total. The van der Waals surface area contributed by atoms with Gasteiger partial charge in [0, 0.05) is 23.7 Å². The molecule has 1 N–H and O–H groups in total. The van der Waals surface area contributed by atoms with Crippen LogP contribution in [-0.4, -0.2) is 16.7 Å². The number of nitrogens with zero attached hydrogens (tertiary/aromatic N) is 1. The highest BCUT2D eigenvalue weighted by Crippen LogP contribution is 2.33. The zero-order valence-electron chi connectivity index (χ0n) is 16.1. The minimum Gasteiger partial charge on any atom is -0.352 e. The van der Waals surface area contributed by atoms with E-state index in [4.69, 9.17) is 11.6 Å². The SMILES string of the molecule is O=C(C[C@@H](c1ccc(F)cc1)N1Cc2ccccc2C1=O)NCc1ccc(Cl)cc1. The van der Waals surface area contributed by atoms with Crippen molar-refractivity contribution in [1.82, 2.24) is 10.2 Å². The van der Waals surface area contributed by atoms with E-state index in [-0.39, 0.29) is 24.1 Å². The number of benzene rings is 3. The lowest BCUT2D eigenvalue weighted by Crippen LogP contribution is -2.34. The van der Waals surface area contributed by atoms with E-state index < -0.39 is 6.04 Å². The van der Waals surface area contributed by atoms with E-state index in [1.807, 2.05) is 30.3 Å². The number of nitrogens with one attached hydrogen (secondary N) is 1. The molecule has 0 unspecified atom stereocenters. The van der Waals surface area contributed by atoms with Crippen LogP contribution >= 0.6 is 11.6 Å². The fourth-order valence-electron chi connectivity index (χ4n) is 3.67. The van der Waals surface area contributed by atoms with E-state index in [1.54, 1.807) is 35.2 Å². The Morgan fingerprint density at radius 1 is 1.03 bits per heavy atom. The molecule has 4 rings (SSSR count). The van der Waals surface area contributed by atoms with E-state index in [9.17, 15) is 14.0 Å². The zero-order valence-corrected chi connectivity index (χ0v) is 16.9. The lowest BCUT2D eigenvalue weighted by atomic mass is 10.0. The van der Waals surface area contributed by atoms with Gasteiger partial charge in [0.05, 0.1) is 12.5 Å². The third-order valence-electron chi connectivity index (χ3n) is 5.26. The standard InChI is InChI=1S/C24H20ClFN2O2/c25-19-9-5-16(6-10-19)14-27-23(29)13-22(17-7-11-20(26)12-8-17)28-15-18-3-1-2-4-21(18)24(28)30/h1-12,22H,13-15H2,(H,27,29)/t22-/m0/s1. The number of carbonyl (C=O) groups excluding carboxylic acids is 2. The first kappa shape index (κ1) is 20.1. The van der Waals surface area contributed by atoms with Gasteiger partial charge in [-0.1, -0.05) is 54.1 Å². The number of hydrogen-bond acceptors (Lipinski definition) is 2. The van der Waals surface area contributed by atoms with Crippen molar-refractivity contribution in [3.05, 3.63) is 106 Å². The quantitative estimate of drug-likeness (QED) is 0.615. The fraction of sp³-hybridized carbons (Fsp3) is 0.167. The Bertz CT molecular complexity index is 1070. The summed E-state index contributed by atoms with van der Waals surface area (Å²) in [7, 11) is 0. The van der Waals surface area contributed by atoms with Crippen LogP contribution in [0.2, 0.25) is 5.02 Å². The van der Waals surface area contributed by atoms with Crippen molar-refractivity contribution in [3.63, 3.8) is 0 Å². The Labute approximate surface area is 179 Å². The molecular weight excluding hydrogens is 403 g/mol. The van der Waals surface area contributed by atoms with Gasteiger partial charge in [-0.2, -0.15) is 0 Å². The lowest BCUT2D eigenvalue weighted by Gasteiger charge is -2.28. The number of amides is 2.